The Kier molecular flexibility index (Phi) is 4.96. The van der Waals surface area contributed by atoms with E-state index >= 15 is 0 Å². The Balaban J connectivity index is 2.11. The Morgan fingerprint density at radius 2 is 2.10 bits per heavy atom. The van der Waals surface area contributed by atoms with Gasteiger partial charge in [-0.05, 0) is 17.9 Å². The van der Waals surface area contributed by atoms with Crippen LogP contribution in [0.5, 0.6) is 0 Å². The molecule has 1 aromatic rings. The average Bonchev–Trinajstić information content (AvgIpc) is 2.87. The maximum absolute atomic E-state index is 12.2. The van der Waals surface area contributed by atoms with Gasteiger partial charge >= 0.3 is 0 Å². The van der Waals surface area contributed by atoms with Crippen LogP contribution >= 0.6 is 0 Å². The maximum Gasteiger partial charge on any atom is 0.249 e. The van der Waals surface area contributed by atoms with Gasteiger partial charge in [0.15, 0.2) is 0 Å². The summed E-state index contributed by atoms with van der Waals surface area (Å²) >= 11 is 0. The first-order valence-electron chi connectivity index (χ1n) is 7.18. The molecule has 1 saturated heterocycles. The van der Waals surface area contributed by atoms with Gasteiger partial charge in [0.1, 0.15) is 0 Å². The second-order valence-electron chi connectivity index (χ2n) is 5.51. The van der Waals surface area contributed by atoms with Crippen molar-refractivity contribution in [2.75, 3.05) is 20.7 Å². The molecule has 0 aromatic heterocycles. The van der Waals surface area contributed by atoms with Crippen molar-refractivity contribution < 1.29 is 14.4 Å². The van der Waals surface area contributed by atoms with Gasteiger partial charge in [0.25, 0.3) is 0 Å². The summed E-state index contributed by atoms with van der Waals surface area (Å²) < 4.78 is 0. The highest BCUT2D eigenvalue weighted by molar-refractivity contribution is 5.84. The molecule has 0 aliphatic carbocycles. The number of benzene rings is 1. The van der Waals surface area contributed by atoms with E-state index in [9.17, 15) is 9.59 Å². The molecule has 0 saturated carbocycles. The van der Waals surface area contributed by atoms with Crippen LogP contribution in [0.2, 0.25) is 0 Å². The molecule has 1 N–H and O–H groups in total. The van der Waals surface area contributed by atoms with Gasteiger partial charge in [0.2, 0.25) is 11.8 Å². The number of nitrogens with one attached hydrogen (secondary N) is 1. The fourth-order valence-corrected chi connectivity index (χ4v) is 2.88. The van der Waals surface area contributed by atoms with E-state index in [0.29, 0.717) is 13.0 Å². The first kappa shape index (κ1) is 15.5. The number of rotatable bonds is 5. The van der Waals surface area contributed by atoms with Gasteiger partial charge in [-0.3, -0.25) is 14.4 Å². The van der Waals surface area contributed by atoms with Gasteiger partial charge in [0.05, 0.1) is 7.11 Å². The predicted octanol–water partition coefficient (Wildman–Crippen LogP) is 1.25. The van der Waals surface area contributed by atoms with Crippen molar-refractivity contribution in [2.45, 2.75) is 13.3 Å². The second-order valence-corrected chi connectivity index (χ2v) is 5.51. The lowest BCUT2D eigenvalue weighted by molar-refractivity contribution is -0.174. The van der Waals surface area contributed by atoms with Crippen LogP contribution in [0.25, 0.3) is 0 Å². The molecule has 1 heterocycles. The predicted molar refractivity (Wildman–Crippen MR) is 79.1 cm³/mol. The monoisotopic (exact) mass is 290 g/mol. The zero-order chi connectivity index (χ0) is 15.4. The molecule has 5 nitrogen and oxygen atoms in total. The van der Waals surface area contributed by atoms with Crippen LogP contribution in [0.4, 0.5) is 0 Å². The van der Waals surface area contributed by atoms with E-state index < -0.39 is 0 Å². The molecule has 21 heavy (non-hydrogen) atoms. The summed E-state index contributed by atoms with van der Waals surface area (Å²) in [5.41, 5.74) is 1.12. The van der Waals surface area contributed by atoms with E-state index in [1.165, 1.54) is 12.2 Å². The summed E-state index contributed by atoms with van der Waals surface area (Å²) in [6.45, 7) is 2.40. The van der Waals surface area contributed by atoms with Gasteiger partial charge in [0, 0.05) is 25.4 Å². The molecule has 5 heteroatoms. The Morgan fingerprint density at radius 1 is 1.43 bits per heavy atom. The molecule has 2 rings (SSSR count). The number of amides is 2. The third kappa shape index (κ3) is 3.42. The zero-order valence-corrected chi connectivity index (χ0v) is 12.7. The van der Waals surface area contributed by atoms with E-state index in [1.807, 2.05) is 37.3 Å². The van der Waals surface area contributed by atoms with E-state index in [1.54, 1.807) is 7.05 Å². The molecular weight excluding hydrogens is 268 g/mol. The van der Waals surface area contributed by atoms with Crippen LogP contribution < -0.4 is 5.32 Å². The molecule has 1 unspecified atom stereocenters. The summed E-state index contributed by atoms with van der Waals surface area (Å²) in [5, 5.41) is 4.11. The highest BCUT2D eigenvalue weighted by Gasteiger charge is 2.41. The van der Waals surface area contributed by atoms with E-state index in [2.05, 4.69) is 5.32 Å². The minimum absolute atomic E-state index is 0.0113. The minimum Gasteiger partial charge on any atom is -0.356 e. The Morgan fingerprint density at radius 3 is 2.71 bits per heavy atom. The molecule has 3 atom stereocenters. The SMILES string of the molecule is CON(C)C(=O)[C@H](C)C1CNC(=O)[C@H]1Cc1ccccc1. The fraction of sp³-hybridized carbons (Fsp3) is 0.500. The molecular formula is C16H22N2O3. The molecule has 0 radical (unpaired) electrons. The van der Waals surface area contributed by atoms with Gasteiger partial charge in [-0.15, -0.1) is 0 Å². The number of carbonyl (C=O) groups is 2. The standard InChI is InChI=1S/C16H22N2O3/c1-11(16(20)18(2)21-3)14-10-17-15(19)13(14)9-12-7-5-4-6-8-12/h4-8,11,13-14H,9-10H2,1-3H3,(H,17,19)/t11-,13+,14?/m1/s1. The van der Waals surface area contributed by atoms with Crippen molar-refractivity contribution in [3.8, 4) is 0 Å². The third-order valence-corrected chi connectivity index (χ3v) is 4.28. The maximum atomic E-state index is 12.2. The summed E-state index contributed by atoms with van der Waals surface area (Å²) in [6, 6.07) is 9.90. The molecule has 1 aliphatic rings. The van der Waals surface area contributed by atoms with Crippen LogP contribution in [0, 0.1) is 17.8 Å². The molecule has 0 bridgehead atoms. The quantitative estimate of drug-likeness (QED) is 0.830. The smallest absolute Gasteiger partial charge is 0.249 e. The number of hydrogen-bond acceptors (Lipinski definition) is 3. The van der Waals surface area contributed by atoms with Gasteiger partial charge < -0.3 is 5.32 Å². The molecule has 1 aliphatic heterocycles. The summed E-state index contributed by atoms with van der Waals surface area (Å²) in [5.74, 6) is -0.511. The first-order valence-corrected chi connectivity index (χ1v) is 7.18. The Labute approximate surface area is 125 Å². The number of hydroxylamine groups is 2. The zero-order valence-electron chi connectivity index (χ0n) is 12.7. The van der Waals surface area contributed by atoms with Crippen LogP contribution in [-0.2, 0) is 20.8 Å². The summed E-state index contributed by atoms with van der Waals surface area (Å²) in [6.07, 6.45) is 0.658. The average molecular weight is 290 g/mol. The van der Waals surface area contributed by atoms with E-state index in [4.69, 9.17) is 4.84 Å². The molecule has 1 aromatic carbocycles. The summed E-state index contributed by atoms with van der Waals surface area (Å²) in [7, 11) is 3.05. The normalized spacial score (nSPS) is 22.7. The molecule has 114 valence electrons. The lowest BCUT2D eigenvalue weighted by Gasteiger charge is -2.26. The highest BCUT2D eigenvalue weighted by Crippen LogP contribution is 2.29. The van der Waals surface area contributed by atoms with Crippen LogP contribution in [0.1, 0.15) is 12.5 Å². The van der Waals surface area contributed by atoms with Gasteiger partial charge in [-0.1, -0.05) is 37.3 Å². The van der Waals surface area contributed by atoms with Crippen molar-refractivity contribution in [1.29, 1.82) is 0 Å². The Bertz CT molecular complexity index is 504. The number of carbonyl (C=O) groups excluding carboxylic acids is 2. The second kappa shape index (κ2) is 6.72. The molecule has 2 amide bonds. The van der Waals surface area contributed by atoms with Gasteiger partial charge in [-0.2, -0.15) is 0 Å². The number of hydrogen-bond donors (Lipinski definition) is 1. The largest absolute Gasteiger partial charge is 0.356 e. The van der Waals surface area contributed by atoms with Crippen molar-refractivity contribution in [2.24, 2.45) is 17.8 Å². The third-order valence-electron chi connectivity index (χ3n) is 4.28. The fourth-order valence-electron chi connectivity index (χ4n) is 2.88. The van der Waals surface area contributed by atoms with Crippen molar-refractivity contribution >= 4 is 11.8 Å². The Hall–Kier alpha value is -1.88. The van der Waals surface area contributed by atoms with Gasteiger partial charge in [-0.25, -0.2) is 5.06 Å². The lowest BCUT2D eigenvalue weighted by atomic mass is 9.81. The van der Waals surface area contributed by atoms with Crippen LogP contribution in [0.3, 0.4) is 0 Å². The van der Waals surface area contributed by atoms with E-state index in [0.717, 1.165) is 5.56 Å². The highest BCUT2D eigenvalue weighted by atomic mass is 16.7. The first-order chi connectivity index (χ1) is 10.0. The van der Waals surface area contributed by atoms with Crippen LogP contribution in [-0.4, -0.2) is 37.6 Å². The van der Waals surface area contributed by atoms with Crippen LogP contribution in [0.15, 0.2) is 30.3 Å². The number of nitrogens with zero attached hydrogens (tertiary/aromatic N) is 1. The lowest BCUT2D eigenvalue weighted by Crippen LogP contribution is -2.37. The minimum atomic E-state index is -0.261. The van der Waals surface area contributed by atoms with Crippen molar-refractivity contribution in [1.82, 2.24) is 10.4 Å². The van der Waals surface area contributed by atoms with E-state index in [-0.39, 0.29) is 29.6 Å². The summed E-state index contributed by atoms with van der Waals surface area (Å²) in [4.78, 5) is 29.3. The topological polar surface area (TPSA) is 58.6 Å². The van der Waals surface area contributed by atoms with Crippen molar-refractivity contribution in [3.05, 3.63) is 35.9 Å². The molecule has 1 fully saturated rings. The molecule has 0 spiro atoms. The van der Waals surface area contributed by atoms with Crippen molar-refractivity contribution in [3.63, 3.8) is 0 Å².